The number of aliphatic carboxylic acids is 1. The lowest BCUT2D eigenvalue weighted by Gasteiger charge is -2.43. The van der Waals surface area contributed by atoms with Crippen LogP contribution in [0.5, 0.6) is 0 Å². The molecule has 0 aromatic rings. The summed E-state index contributed by atoms with van der Waals surface area (Å²) in [5, 5.41) is 28.9. The van der Waals surface area contributed by atoms with Crippen molar-refractivity contribution in [3.63, 3.8) is 0 Å². The van der Waals surface area contributed by atoms with Crippen LogP contribution in [0.25, 0.3) is 0 Å². The van der Waals surface area contributed by atoms with E-state index in [-0.39, 0.29) is 48.6 Å². The molecule has 170 valence electrons. The van der Waals surface area contributed by atoms with Crippen molar-refractivity contribution < 1.29 is 29.6 Å². The number of carbonyl (C=O) groups excluding carboxylic acids is 1. The first-order valence-corrected chi connectivity index (χ1v) is 11.3. The van der Waals surface area contributed by atoms with Crippen LogP contribution in [0.2, 0.25) is 0 Å². The largest absolute Gasteiger partial charge is 0.481 e. The summed E-state index contributed by atoms with van der Waals surface area (Å²) in [5.41, 5.74) is 1.21. The van der Waals surface area contributed by atoms with Crippen molar-refractivity contribution in [2.45, 2.75) is 84.5 Å². The Kier molecular flexibility index (Phi) is 9.10. The predicted molar refractivity (Wildman–Crippen MR) is 115 cm³/mol. The number of carbonyl (C=O) groups is 2. The van der Waals surface area contributed by atoms with Gasteiger partial charge in [-0.2, -0.15) is 0 Å². The third kappa shape index (κ3) is 6.67. The molecule has 0 saturated heterocycles. The van der Waals surface area contributed by atoms with E-state index in [2.05, 4.69) is 32.1 Å². The normalized spacial score (nSPS) is 31.3. The highest BCUT2D eigenvalue weighted by molar-refractivity contribution is 5.72. The maximum Gasteiger partial charge on any atom is 0.308 e. The highest BCUT2D eigenvalue weighted by Crippen LogP contribution is 2.45. The topological polar surface area (TPSA) is 104 Å². The number of aliphatic hydroxyl groups is 2. The van der Waals surface area contributed by atoms with Gasteiger partial charge in [0.1, 0.15) is 6.10 Å². The first-order chi connectivity index (χ1) is 14.1. The molecule has 0 heterocycles. The minimum atomic E-state index is -1.07. The lowest BCUT2D eigenvalue weighted by Crippen LogP contribution is -2.41. The molecule has 8 atom stereocenters. The lowest BCUT2D eigenvalue weighted by atomic mass is 9.65. The number of hydrogen-bond acceptors (Lipinski definition) is 5. The van der Waals surface area contributed by atoms with Crippen LogP contribution in [0.15, 0.2) is 23.8 Å². The molecule has 0 amide bonds. The fourth-order valence-electron chi connectivity index (χ4n) is 4.76. The van der Waals surface area contributed by atoms with E-state index >= 15 is 0 Å². The highest BCUT2D eigenvalue weighted by atomic mass is 16.5. The predicted octanol–water partition coefficient (Wildman–Crippen LogP) is 3.72. The number of aliphatic hydroxyl groups excluding tert-OH is 2. The Morgan fingerprint density at radius 1 is 1.23 bits per heavy atom. The Labute approximate surface area is 180 Å². The number of ether oxygens (including phenoxy) is 1. The maximum atomic E-state index is 12.5. The molecule has 1 unspecified atom stereocenters. The standard InChI is InChI=1S/C24H38O6/c1-5-15(3)24(29)30-21-11-14(2)10-17-7-6-16(4)20(23(17)21)9-8-18(25)12-19(26)13-22(27)28/h6-7,10,14-16,18-21,23,25-26H,5,8-9,11-13H2,1-4H3,(H,27,28)/t14-,15?,16-,18+,19+,20-,21-,23-/m0/s1. The van der Waals surface area contributed by atoms with E-state index in [1.807, 2.05) is 13.8 Å². The first-order valence-electron chi connectivity index (χ1n) is 11.3. The van der Waals surface area contributed by atoms with Gasteiger partial charge in [0.15, 0.2) is 0 Å². The Morgan fingerprint density at radius 2 is 1.93 bits per heavy atom. The van der Waals surface area contributed by atoms with Gasteiger partial charge >= 0.3 is 11.9 Å². The Morgan fingerprint density at radius 3 is 2.57 bits per heavy atom. The molecule has 0 radical (unpaired) electrons. The molecule has 6 nitrogen and oxygen atoms in total. The van der Waals surface area contributed by atoms with Gasteiger partial charge < -0.3 is 20.1 Å². The van der Waals surface area contributed by atoms with Crippen molar-refractivity contribution in [3.05, 3.63) is 23.8 Å². The molecule has 0 aromatic heterocycles. The van der Waals surface area contributed by atoms with E-state index < -0.39 is 18.2 Å². The Hall–Kier alpha value is -1.66. The van der Waals surface area contributed by atoms with Crippen molar-refractivity contribution in [3.8, 4) is 0 Å². The number of esters is 1. The molecule has 2 rings (SSSR count). The number of allylic oxidation sites excluding steroid dienone is 3. The Balaban J connectivity index is 2.09. The molecule has 0 fully saturated rings. The van der Waals surface area contributed by atoms with Gasteiger partial charge in [0.2, 0.25) is 0 Å². The summed E-state index contributed by atoms with van der Waals surface area (Å²) in [6.45, 7) is 8.16. The van der Waals surface area contributed by atoms with Crippen LogP contribution in [0.3, 0.4) is 0 Å². The summed E-state index contributed by atoms with van der Waals surface area (Å²) < 4.78 is 6.00. The zero-order chi connectivity index (χ0) is 22.4. The second-order valence-corrected chi connectivity index (χ2v) is 9.29. The van der Waals surface area contributed by atoms with Gasteiger partial charge in [-0.3, -0.25) is 9.59 Å². The van der Waals surface area contributed by atoms with Gasteiger partial charge in [0.25, 0.3) is 0 Å². The molecule has 0 aromatic carbocycles. The molecule has 30 heavy (non-hydrogen) atoms. The van der Waals surface area contributed by atoms with E-state index in [9.17, 15) is 19.8 Å². The van der Waals surface area contributed by atoms with Crippen molar-refractivity contribution >= 4 is 11.9 Å². The van der Waals surface area contributed by atoms with Gasteiger partial charge in [-0.05, 0) is 55.4 Å². The van der Waals surface area contributed by atoms with Crippen molar-refractivity contribution in [2.75, 3.05) is 0 Å². The van der Waals surface area contributed by atoms with Crippen LogP contribution < -0.4 is 0 Å². The van der Waals surface area contributed by atoms with Crippen molar-refractivity contribution in [1.82, 2.24) is 0 Å². The highest BCUT2D eigenvalue weighted by Gasteiger charge is 2.41. The van der Waals surface area contributed by atoms with E-state index in [4.69, 9.17) is 9.84 Å². The quantitative estimate of drug-likeness (QED) is 0.464. The van der Waals surface area contributed by atoms with E-state index in [0.29, 0.717) is 12.3 Å². The number of carboxylic acids is 1. The Bertz CT molecular complexity index is 654. The molecular formula is C24H38O6. The van der Waals surface area contributed by atoms with Gasteiger partial charge in [0.05, 0.1) is 24.5 Å². The van der Waals surface area contributed by atoms with Gasteiger partial charge in [0, 0.05) is 5.92 Å². The van der Waals surface area contributed by atoms with Gasteiger partial charge in [-0.25, -0.2) is 0 Å². The summed E-state index contributed by atoms with van der Waals surface area (Å²) in [5.74, 6) is -0.406. The maximum absolute atomic E-state index is 12.5. The van der Waals surface area contributed by atoms with E-state index in [0.717, 1.165) is 19.3 Å². The minimum absolute atomic E-state index is 0.0556. The van der Waals surface area contributed by atoms with E-state index in [1.165, 1.54) is 5.57 Å². The third-order valence-corrected chi connectivity index (χ3v) is 6.67. The van der Waals surface area contributed by atoms with Crippen LogP contribution in [0, 0.1) is 29.6 Å². The number of carboxylic acid groups (broad SMARTS) is 1. The molecular weight excluding hydrogens is 384 g/mol. The molecule has 3 N–H and O–H groups in total. The lowest BCUT2D eigenvalue weighted by molar-refractivity contribution is -0.158. The number of hydrogen-bond donors (Lipinski definition) is 3. The second kappa shape index (κ2) is 11.1. The van der Waals surface area contributed by atoms with Crippen LogP contribution in [-0.4, -0.2) is 45.6 Å². The van der Waals surface area contributed by atoms with Gasteiger partial charge in [-0.1, -0.05) is 45.9 Å². The summed E-state index contributed by atoms with van der Waals surface area (Å²) >= 11 is 0. The molecule has 0 spiro atoms. The average Bonchev–Trinajstić information content (AvgIpc) is 2.65. The minimum Gasteiger partial charge on any atom is -0.481 e. The third-order valence-electron chi connectivity index (χ3n) is 6.67. The fourth-order valence-corrected chi connectivity index (χ4v) is 4.76. The van der Waals surface area contributed by atoms with Crippen LogP contribution >= 0.6 is 0 Å². The number of fused-ring (bicyclic) bond motifs is 1. The van der Waals surface area contributed by atoms with Crippen LogP contribution in [0.1, 0.15) is 66.2 Å². The smallest absolute Gasteiger partial charge is 0.308 e. The zero-order valence-electron chi connectivity index (χ0n) is 18.7. The second-order valence-electron chi connectivity index (χ2n) is 9.29. The fraction of sp³-hybridized carbons (Fsp3) is 0.750. The molecule has 6 heteroatoms. The molecule has 0 aliphatic heterocycles. The summed E-state index contributed by atoms with van der Waals surface area (Å²) in [7, 11) is 0. The SMILES string of the molecule is CCC(C)C(=O)O[C@H]1C[C@@H](C)C=C2C=C[C@H](C)[C@H](CC[C@@H](O)C[C@@H](O)CC(=O)O)[C@H]21. The zero-order valence-corrected chi connectivity index (χ0v) is 18.7. The first kappa shape index (κ1) is 24.6. The van der Waals surface area contributed by atoms with E-state index in [1.54, 1.807) is 0 Å². The molecule has 2 aliphatic carbocycles. The van der Waals surface area contributed by atoms with Crippen molar-refractivity contribution in [2.24, 2.45) is 29.6 Å². The molecule has 0 saturated carbocycles. The van der Waals surface area contributed by atoms with Crippen LogP contribution in [0.4, 0.5) is 0 Å². The summed E-state index contributed by atoms with van der Waals surface area (Å²) in [6, 6.07) is 0. The summed E-state index contributed by atoms with van der Waals surface area (Å²) in [4.78, 5) is 23.2. The monoisotopic (exact) mass is 422 g/mol. The van der Waals surface area contributed by atoms with Crippen molar-refractivity contribution in [1.29, 1.82) is 0 Å². The average molecular weight is 423 g/mol. The number of rotatable bonds is 10. The molecule has 0 bridgehead atoms. The summed E-state index contributed by atoms with van der Waals surface area (Å²) in [6.07, 6.45) is 7.07. The van der Waals surface area contributed by atoms with Crippen LogP contribution in [-0.2, 0) is 14.3 Å². The van der Waals surface area contributed by atoms with Gasteiger partial charge in [-0.15, -0.1) is 0 Å². The molecule has 2 aliphatic rings.